The monoisotopic (exact) mass is 436 g/mol. The molecule has 1 heterocycles. The first-order valence-corrected chi connectivity index (χ1v) is 11.2. The van der Waals surface area contributed by atoms with Crippen molar-refractivity contribution in [2.75, 3.05) is 12.3 Å². The minimum absolute atomic E-state index is 0.245. The molecule has 5 nitrogen and oxygen atoms in total. The summed E-state index contributed by atoms with van der Waals surface area (Å²) in [5.41, 5.74) is 2.91. The van der Waals surface area contributed by atoms with Crippen molar-refractivity contribution >= 4 is 38.9 Å². The third-order valence-corrected chi connectivity index (χ3v) is 7.04. The highest BCUT2D eigenvalue weighted by molar-refractivity contribution is 7.91. The van der Waals surface area contributed by atoms with Gasteiger partial charge in [0.2, 0.25) is 5.91 Å². The number of fused-ring (bicyclic) bond motifs is 1. The van der Waals surface area contributed by atoms with Crippen molar-refractivity contribution in [3.05, 3.63) is 68.7 Å². The van der Waals surface area contributed by atoms with Crippen molar-refractivity contribution < 1.29 is 13.2 Å². The number of nitriles is 1. The maximum atomic E-state index is 12.7. The zero-order valence-electron chi connectivity index (χ0n) is 15.2. The van der Waals surface area contributed by atoms with Gasteiger partial charge < -0.3 is 4.90 Å². The molecule has 0 saturated carbocycles. The standard InChI is InChI=1S/C20H18Cl2N2O3S/c1-13-17-9-19(22)18(21)8-16(17)6-7-24(13)20(25)12-28(26,27)11-15-4-2-14(10-23)3-5-15/h2-5,8-9,13H,6-7,11-12H2,1H3/t13-/m1/s1. The van der Waals surface area contributed by atoms with Crippen molar-refractivity contribution in [2.24, 2.45) is 0 Å². The van der Waals surface area contributed by atoms with Crippen LogP contribution in [-0.2, 0) is 26.8 Å². The van der Waals surface area contributed by atoms with Gasteiger partial charge in [-0.15, -0.1) is 0 Å². The van der Waals surface area contributed by atoms with Crippen molar-refractivity contribution in [1.29, 1.82) is 5.26 Å². The molecule has 146 valence electrons. The second-order valence-electron chi connectivity index (χ2n) is 6.82. The molecule has 3 rings (SSSR count). The van der Waals surface area contributed by atoms with E-state index in [0.29, 0.717) is 34.1 Å². The Bertz CT molecular complexity index is 1060. The molecule has 28 heavy (non-hydrogen) atoms. The fraction of sp³-hybridized carbons (Fsp3) is 0.300. The first-order chi connectivity index (χ1) is 13.2. The van der Waals surface area contributed by atoms with Crippen molar-refractivity contribution in [3.63, 3.8) is 0 Å². The topological polar surface area (TPSA) is 78.2 Å². The summed E-state index contributed by atoms with van der Waals surface area (Å²) >= 11 is 12.2. The highest BCUT2D eigenvalue weighted by atomic mass is 35.5. The molecule has 0 unspecified atom stereocenters. The van der Waals surface area contributed by atoms with Crippen LogP contribution in [0.5, 0.6) is 0 Å². The van der Waals surface area contributed by atoms with Gasteiger partial charge in [0.25, 0.3) is 0 Å². The number of carbonyl (C=O) groups is 1. The average Bonchev–Trinajstić information content (AvgIpc) is 2.63. The van der Waals surface area contributed by atoms with Crippen LogP contribution in [0.2, 0.25) is 10.0 Å². The lowest BCUT2D eigenvalue weighted by Gasteiger charge is -2.35. The zero-order chi connectivity index (χ0) is 20.5. The van der Waals surface area contributed by atoms with E-state index >= 15 is 0 Å². The van der Waals surface area contributed by atoms with E-state index in [1.54, 1.807) is 41.3 Å². The quantitative estimate of drug-likeness (QED) is 0.726. The largest absolute Gasteiger partial charge is 0.335 e. The van der Waals surface area contributed by atoms with Crippen LogP contribution in [0.15, 0.2) is 36.4 Å². The van der Waals surface area contributed by atoms with E-state index in [1.165, 1.54) is 0 Å². The molecule has 1 amide bonds. The highest BCUT2D eigenvalue weighted by Crippen LogP contribution is 2.35. The van der Waals surface area contributed by atoms with E-state index < -0.39 is 21.5 Å². The molecular weight excluding hydrogens is 419 g/mol. The number of rotatable bonds is 4. The molecule has 1 atom stereocenters. The van der Waals surface area contributed by atoms with Crippen LogP contribution >= 0.6 is 23.2 Å². The highest BCUT2D eigenvalue weighted by Gasteiger charge is 2.31. The lowest BCUT2D eigenvalue weighted by molar-refractivity contribution is -0.130. The molecule has 0 aliphatic carbocycles. The fourth-order valence-corrected chi connectivity index (χ4v) is 5.11. The van der Waals surface area contributed by atoms with Gasteiger partial charge in [-0.3, -0.25) is 4.79 Å². The molecule has 0 aromatic heterocycles. The van der Waals surface area contributed by atoms with Crippen molar-refractivity contribution in [2.45, 2.75) is 25.1 Å². The van der Waals surface area contributed by atoms with E-state index in [1.807, 2.05) is 13.0 Å². The van der Waals surface area contributed by atoms with E-state index in [2.05, 4.69) is 0 Å². The minimum atomic E-state index is -3.64. The number of halogens is 2. The fourth-order valence-electron chi connectivity index (χ4n) is 3.40. The van der Waals surface area contributed by atoms with Gasteiger partial charge in [-0.1, -0.05) is 35.3 Å². The predicted octanol–water partition coefficient (Wildman–Crippen LogP) is 3.93. The second-order valence-corrected chi connectivity index (χ2v) is 9.70. The Balaban J connectivity index is 1.73. The smallest absolute Gasteiger partial charge is 0.238 e. The number of carbonyl (C=O) groups excluding carboxylic acids is 1. The Labute approximate surface area is 174 Å². The minimum Gasteiger partial charge on any atom is -0.335 e. The molecule has 8 heteroatoms. The number of hydrogen-bond acceptors (Lipinski definition) is 4. The van der Waals surface area contributed by atoms with Gasteiger partial charge in [-0.05, 0) is 54.3 Å². The Morgan fingerprint density at radius 1 is 1.21 bits per heavy atom. The normalized spacial score (nSPS) is 16.4. The molecular formula is C20H18Cl2N2O3S. The van der Waals surface area contributed by atoms with Gasteiger partial charge in [0.15, 0.2) is 9.84 Å². The third kappa shape index (κ3) is 4.49. The van der Waals surface area contributed by atoms with E-state index in [4.69, 9.17) is 28.5 Å². The first-order valence-electron chi connectivity index (χ1n) is 8.67. The molecule has 1 aliphatic rings. The Morgan fingerprint density at radius 3 is 2.50 bits per heavy atom. The predicted molar refractivity (Wildman–Crippen MR) is 109 cm³/mol. The maximum absolute atomic E-state index is 12.7. The number of amides is 1. The van der Waals surface area contributed by atoms with Gasteiger partial charge in [-0.2, -0.15) is 5.26 Å². The van der Waals surface area contributed by atoms with Crippen molar-refractivity contribution in [1.82, 2.24) is 4.90 Å². The van der Waals surface area contributed by atoms with E-state index in [-0.39, 0.29) is 11.8 Å². The third-order valence-electron chi connectivity index (χ3n) is 4.86. The van der Waals surface area contributed by atoms with Crippen LogP contribution in [0.4, 0.5) is 0 Å². The Morgan fingerprint density at radius 2 is 1.86 bits per heavy atom. The van der Waals surface area contributed by atoms with Gasteiger partial charge in [-0.25, -0.2) is 8.42 Å². The molecule has 0 saturated heterocycles. The summed E-state index contributed by atoms with van der Waals surface area (Å²) < 4.78 is 25.0. The molecule has 0 N–H and O–H groups in total. The van der Waals surface area contributed by atoms with Gasteiger partial charge in [0.1, 0.15) is 5.75 Å². The van der Waals surface area contributed by atoms with E-state index in [0.717, 1.165) is 11.1 Å². The second kappa shape index (κ2) is 8.12. The number of nitrogens with zero attached hydrogens (tertiary/aromatic N) is 2. The number of sulfone groups is 1. The zero-order valence-corrected chi connectivity index (χ0v) is 17.5. The Hall–Kier alpha value is -2.07. The molecule has 0 spiro atoms. The van der Waals surface area contributed by atoms with Crippen LogP contribution in [-0.4, -0.2) is 31.5 Å². The van der Waals surface area contributed by atoms with Crippen LogP contribution < -0.4 is 0 Å². The SMILES string of the molecule is C[C@@H]1c2cc(Cl)c(Cl)cc2CCN1C(=O)CS(=O)(=O)Cc1ccc(C#N)cc1. The summed E-state index contributed by atoms with van der Waals surface area (Å²) in [5, 5.41) is 9.70. The van der Waals surface area contributed by atoms with Gasteiger partial charge >= 0.3 is 0 Å². The summed E-state index contributed by atoms with van der Waals surface area (Å²) in [6, 6.07) is 11.6. The molecule has 0 fully saturated rings. The number of hydrogen-bond donors (Lipinski definition) is 0. The lowest BCUT2D eigenvalue weighted by atomic mass is 9.93. The summed E-state index contributed by atoms with van der Waals surface area (Å²) in [7, 11) is -3.64. The van der Waals surface area contributed by atoms with Crippen LogP contribution in [0.1, 0.15) is 35.2 Å². The summed E-state index contributed by atoms with van der Waals surface area (Å²) in [5.74, 6) is -1.24. The Kier molecular flexibility index (Phi) is 5.99. The molecule has 0 bridgehead atoms. The van der Waals surface area contributed by atoms with Crippen LogP contribution in [0.3, 0.4) is 0 Å². The van der Waals surface area contributed by atoms with Gasteiger partial charge in [0.05, 0.1) is 33.5 Å². The molecule has 2 aromatic carbocycles. The average molecular weight is 437 g/mol. The summed E-state index contributed by atoms with van der Waals surface area (Å²) in [6.07, 6.45) is 0.595. The van der Waals surface area contributed by atoms with Crippen LogP contribution in [0, 0.1) is 11.3 Å². The first kappa shape index (κ1) is 20.7. The number of benzene rings is 2. The van der Waals surface area contributed by atoms with Gasteiger partial charge in [0, 0.05) is 6.54 Å². The molecule has 2 aromatic rings. The summed E-state index contributed by atoms with van der Waals surface area (Å²) in [6.45, 7) is 2.28. The van der Waals surface area contributed by atoms with E-state index in [9.17, 15) is 13.2 Å². The lowest BCUT2D eigenvalue weighted by Crippen LogP contribution is -2.42. The molecule has 1 aliphatic heterocycles. The van der Waals surface area contributed by atoms with Crippen LogP contribution in [0.25, 0.3) is 0 Å². The van der Waals surface area contributed by atoms with Crippen molar-refractivity contribution in [3.8, 4) is 6.07 Å². The summed E-state index contributed by atoms with van der Waals surface area (Å²) in [4.78, 5) is 14.3. The molecule has 0 radical (unpaired) electrons. The maximum Gasteiger partial charge on any atom is 0.238 e.